The summed E-state index contributed by atoms with van der Waals surface area (Å²) in [4.78, 5) is 0. The molecule has 0 amide bonds. The highest BCUT2D eigenvalue weighted by atomic mass is 32.1. The minimum atomic E-state index is 0.133. The molecule has 1 heterocycles. The van der Waals surface area contributed by atoms with Crippen LogP contribution in [0.1, 0.15) is 19.4 Å². The summed E-state index contributed by atoms with van der Waals surface area (Å²) in [6.45, 7) is 3.99. The predicted octanol–water partition coefficient (Wildman–Crippen LogP) is 4.18. The first-order chi connectivity index (χ1) is 8.20. The third-order valence-corrected chi connectivity index (χ3v) is 3.04. The molecule has 0 fully saturated rings. The van der Waals surface area contributed by atoms with Crippen LogP contribution in [0, 0.1) is 12.3 Å². The molecule has 1 aromatic carbocycles. The smallest absolute Gasteiger partial charge is 0.135 e. The maximum atomic E-state index is 5.67. The molecule has 0 aliphatic heterocycles. The summed E-state index contributed by atoms with van der Waals surface area (Å²) in [6.07, 6.45) is 5.65. The van der Waals surface area contributed by atoms with Crippen molar-refractivity contribution in [1.29, 1.82) is 0 Å². The number of hydrogen-bond donors (Lipinski definition) is 0. The summed E-state index contributed by atoms with van der Waals surface area (Å²) in [5, 5.41) is 4.17. The zero-order chi connectivity index (χ0) is 12.3. The summed E-state index contributed by atoms with van der Waals surface area (Å²) in [5.74, 6) is 3.46. The standard InChI is InChI=1S/C15H14OS/c1-4-12-9-13(14-7-8-17-10-14)5-6-15(12)16-11(2)3/h1,5-11H,2-3H3. The first kappa shape index (κ1) is 11.8. The molecule has 0 bridgehead atoms. The van der Waals surface area contributed by atoms with Gasteiger partial charge in [0.05, 0.1) is 11.7 Å². The molecule has 0 N–H and O–H groups in total. The molecule has 2 rings (SSSR count). The number of benzene rings is 1. The van der Waals surface area contributed by atoms with Gasteiger partial charge in [-0.2, -0.15) is 11.3 Å². The van der Waals surface area contributed by atoms with Crippen LogP contribution < -0.4 is 4.74 Å². The number of rotatable bonds is 3. The van der Waals surface area contributed by atoms with Gasteiger partial charge in [0.15, 0.2) is 0 Å². The largest absolute Gasteiger partial charge is 0.490 e. The average Bonchev–Trinajstić information content (AvgIpc) is 2.82. The van der Waals surface area contributed by atoms with Gasteiger partial charge < -0.3 is 4.74 Å². The van der Waals surface area contributed by atoms with Gasteiger partial charge in [0.25, 0.3) is 0 Å². The molecular formula is C15H14OS. The fraction of sp³-hybridized carbons (Fsp3) is 0.200. The fourth-order valence-electron chi connectivity index (χ4n) is 1.61. The lowest BCUT2D eigenvalue weighted by atomic mass is 10.1. The van der Waals surface area contributed by atoms with Gasteiger partial charge in [0.2, 0.25) is 0 Å². The number of thiophene rings is 1. The van der Waals surface area contributed by atoms with Crippen LogP contribution in [0.3, 0.4) is 0 Å². The Balaban J connectivity index is 2.39. The average molecular weight is 242 g/mol. The van der Waals surface area contributed by atoms with Crippen LogP contribution in [-0.4, -0.2) is 6.10 Å². The van der Waals surface area contributed by atoms with E-state index in [1.807, 2.05) is 32.0 Å². The normalized spacial score (nSPS) is 10.2. The summed E-state index contributed by atoms with van der Waals surface area (Å²) in [6, 6.07) is 8.08. The Bertz CT molecular complexity index is 533. The molecule has 0 aliphatic carbocycles. The molecular weight excluding hydrogens is 228 g/mol. The van der Waals surface area contributed by atoms with Crippen molar-refractivity contribution < 1.29 is 4.74 Å². The first-order valence-electron chi connectivity index (χ1n) is 5.50. The molecule has 86 valence electrons. The molecule has 2 aromatic rings. The Morgan fingerprint density at radius 2 is 2.06 bits per heavy atom. The molecule has 0 unspecified atom stereocenters. The van der Waals surface area contributed by atoms with Gasteiger partial charge in [-0.25, -0.2) is 0 Å². The number of hydrogen-bond acceptors (Lipinski definition) is 2. The molecule has 2 heteroatoms. The van der Waals surface area contributed by atoms with Crippen LogP contribution in [0.5, 0.6) is 5.75 Å². The molecule has 0 radical (unpaired) electrons. The summed E-state index contributed by atoms with van der Waals surface area (Å²) in [7, 11) is 0. The second-order valence-corrected chi connectivity index (χ2v) is 4.81. The maximum Gasteiger partial charge on any atom is 0.135 e. The Hall–Kier alpha value is -1.72. The highest BCUT2D eigenvalue weighted by Gasteiger charge is 2.06. The highest BCUT2D eigenvalue weighted by Crippen LogP contribution is 2.28. The van der Waals surface area contributed by atoms with E-state index < -0.39 is 0 Å². The van der Waals surface area contributed by atoms with Crippen molar-refractivity contribution >= 4 is 11.3 Å². The molecule has 0 saturated heterocycles. The van der Waals surface area contributed by atoms with E-state index in [1.54, 1.807) is 11.3 Å². The van der Waals surface area contributed by atoms with E-state index in [0.717, 1.165) is 16.9 Å². The Morgan fingerprint density at radius 3 is 2.65 bits per heavy atom. The van der Waals surface area contributed by atoms with E-state index in [0.29, 0.717) is 0 Å². The van der Waals surface area contributed by atoms with Crippen molar-refractivity contribution in [1.82, 2.24) is 0 Å². The van der Waals surface area contributed by atoms with Crippen LogP contribution in [-0.2, 0) is 0 Å². The Labute approximate surface area is 106 Å². The predicted molar refractivity (Wildman–Crippen MR) is 73.5 cm³/mol. The van der Waals surface area contributed by atoms with Crippen LogP contribution >= 0.6 is 11.3 Å². The molecule has 0 spiro atoms. The van der Waals surface area contributed by atoms with Crippen LogP contribution in [0.4, 0.5) is 0 Å². The summed E-state index contributed by atoms with van der Waals surface area (Å²) in [5.41, 5.74) is 3.14. The van der Waals surface area contributed by atoms with Gasteiger partial charge >= 0.3 is 0 Å². The van der Waals surface area contributed by atoms with Gasteiger partial charge in [-0.15, -0.1) is 6.42 Å². The minimum absolute atomic E-state index is 0.133. The van der Waals surface area contributed by atoms with E-state index in [2.05, 4.69) is 22.7 Å². The van der Waals surface area contributed by atoms with Gasteiger partial charge in [0.1, 0.15) is 5.75 Å². The second kappa shape index (κ2) is 5.07. The molecule has 0 aliphatic rings. The number of ether oxygens (including phenoxy) is 1. The molecule has 17 heavy (non-hydrogen) atoms. The van der Waals surface area contributed by atoms with Crippen molar-refractivity contribution in [2.24, 2.45) is 0 Å². The quantitative estimate of drug-likeness (QED) is 0.733. The van der Waals surface area contributed by atoms with E-state index in [4.69, 9.17) is 11.2 Å². The minimum Gasteiger partial charge on any atom is -0.490 e. The van der Waals surface area contributed by atoms with Gasteiger partial charge in [0, 0.05) is 0 Å². The van der Waals surface area contributed by atoms with Crippen molar-refractivity contribution in [2.75, 3.05) is 0 Å². The molecule has 0 saturated carbocycles. The summed E-state index contributed by atoms with van der Waals surface area (Å²) >= 11 is 1.68. The van der Waals surface area contributed by atoms with Crippen LogP contribution in [0.25, 0.3) is 11.1 Å². The van der Waals surface area contributed by atoms with Crippen molar-refractivity contribution in [3.8, 4) is 29.2 Å². The monoisotopic (exact) mass is 242 g/mol. The van der Waals surface area contributed by atoms with Crippen LogP contribution in [0.15, 0.2) is 35.0 Å². The molecule has 1 aromatic heterocycles. The lowest BCUT2D eigenvalue weighted by Crippen LogP contribution is -2.06. The van der Waals surface area contributed by atoms with Gasteiger partial charge in [-0.05, 0) is 53.9 Å². The lowest BCUT2D eigenvalue weighted by molar-refractivity contribution is 0.242. The third-order valence-electron chi connectivity index (χ3n) is 2.35. The maximum absolute atomic E-state index is 5.67. The molecule has 0 atom stereocenters. The van der Waals surface area contributed by atoms with E-state index in [9.17, 15) is 0 Å². The molecule has 1 nitrogen and oxygen atoms in total. The van der Waals surface area contributed by atoms with Gasteiger partial charge in [-0.1, -0.05) is 12.0 Å². The van der Waals surface area contributed by atoms with E-state index >= 15 is 0 Å². The summed E-state index contributed by atoms with van der Waals surface area (Å²) < 4.78 is 5.67. The zero-order valence-corrected chi connectivity index (χ0v) is 10.8. The second-order valence-electron chi connectivity index (χ2n) is 4.03. The van der Waals surface area contributed by atoms with Crippen LogP contribution in [0.2, 0.25) is 0 Å². The Morgan fingerprint density at radius 1 is 1.24 bits per heavy atom. The van der Waals surface area contributed by atoms with E-state index in [1.165, 1.54) is 5.56 Å². The Kier molecular flexibility index (Phi) is 3.51. The SMILES string of the molecule is C#Cc1cc(-c2ccsc2)ccc1OC(C)C. The third kappa shape index (κ3) is 2.69. The van der Waals surface area contributed by atoms with Gasteiger partial charge in [-0.3, -0.25) is 0 Å². The number of terminal acetylenes is 1. The zero-order valence-electron chi connectivity index (χ0n) is 9.94. The topological polar surface area (TPSA) is 9.23 Å². The first-order valence-corrected chi connectivity index (χ1v) is 6.45. The van der Waals surface area contributed by atoms with E-state index in [-0.39, 0.29) is 6.10 Å². The van der Waals surface area contributed by atoms with Crippen molar-refractivity contribution in [3.63, 3.8) is 0 Å². The van der Waals surface area contributed by atoms with Crippen molar-refractivity contribution in [2.45, 2.75) is 20.0 Å². The van der Waals surface area contributed by atoms with Crippen molar-refractivity contribution in [3.05, 3.63) is 40.6 Å². The lowest BCUT2D eigenvalue weighted by Gasteiger charge is -2.12. The fourth-order valence-corrected chi connectivity index (χ4v) is 2.27. The highest BCUT2D eigenvalue weighted by molar-refractivity contribution is 7.08.